The third kappa shape index (κ3) is 7.50. The zero-order chi connectivity index (χ0) is 18.3. The molecule has 4 atom stereocenters. The van der Waals surface area contributed by atoms with Crippen molar-refractivity contribution < 1.29 is 42.5 Å². The summed E-state index contributed by atoms with van der Waals surface area (Å²) in [5.74, 6) is -6.56. The summed E-state index contributed by atoms with van der Waals surface area (Å²) in [5, 5.41) is 34.8. The van der Waals surface area contributed by atoms with Gasteiger partial charge in [-0.05, 0) is 25.7 Å². The van der Waals surface area contributed by atoms with Gasteiger partial charge < -0.3 is 23.3 Å². The van der Waals surface area contributed by atoms with E-state index in [0.29, 0.717) is 25.7 Å². The predicted octanol–water partition coefficient (Wildman–Crippen LogP) is 1.77. The molecule has 0 aromatic carbocycles. The summed E-state index contributed by atoms with van der Waals surface area (Å²) in [4.78, 5) is 42.4. The quantitative estimate of drug-likeness (QED) is 0.534. The van der Waals surface area contributed by atoms with E-state index in [9.17, 15) is 19.2 Å². The second-order valence-electron chi connectivity index (χ2n) is 6.35. The molecule has 8 nitrogen and oxygen atoms in total. The fourth-order valence-electron chi connectivity index (χ4n) is 3.44. The molecule has 0 aromatic heterocycles. The maximum atomic E-state index is 10.6. The number of carboxylic acids is 4. The molecule has 2 rings (SSSR count). The maximum absolute atomic E-state index is 10.6. The number of carbonyl (C=O) groups is 4. The second kappa shape index (κ2) is 11.7. The van der Waals surface area contributed by atoms with Crippen molar-refractivity contribution in [2.75, 3.05) is 0 Å². The van der Waals surface area contributed by atoms with Gasteiger partial charge in [0.25, 0.3) is 0 Å². The smallest absolute Gasteiger partial charge is 1.00 e. The fourth-order valence-corrected chi connectivity index (χ4v) is 3.44. The molecule has 2 fully saturated rings. The zero-order valence-electron chi connectivity index (χ0n) is 16.1. The van der Waals surface area contributed by atoms with Crippen LogP contribution in [0.2, 0.25) is 0 Å². The standard InChI is InChI=1S/2C8H12O4.Ca.2H/c2*9-7(10)5-3-1-2-4-6(5)8(11)12;;;/h2*5-6H,1-4H2,(H,9,10)(H,11,12);;;/q;;+2;2*-1. The van der Waals surface area contributed by atoms with Crippen molar-refractivity contribution in [2.24, 2.45) is 23.7 Å². The Morgan fingerprint density at radius 3 is 0.800 bits per heavy atom. The monoisotopic (exact) mass is 386 g/mol. The van der Waals surface area contributed by atoms with Gasteiger partial charge in [0.05, 0.1) is 23.7 Å². The first kappa shape index (κ1) is 24.1. The number of rotatable bonds is 4. The van der Waals surface area contributed by atoms with Crippen LogP contribution in [0.3, 0.4) is 0 Å². The molecule has 0 spiro atoms. The van der Waals surface area contributed by atoms with E-state index in [1.165, 1.54) is 0 Å². The average Bonchev–Trinajstić information content (AvgIpc) is 2.55. The first-order valence-electron chi connectivity index (χ1n) is 8.17. The Morgan fingerprint density at radius 2 is 0.680 bits per heavy atom. The zero-order valence-corrected chi connectivity index (χ0v) is 16.3. The van der Waals surface area contributed by atoms with Gasteiger partial charge in [-0.25, -0.2) is 0 Å². The van der Waals surface area contributed by atoms with Crippen molar-refractivity contribution in [1.82, 2.24) is 0 Å². The Kier molecular flexibility index (Phi) is 11.3. The van der Waals surface area contributed by atoms with Crippen molar-refractivity contribution >= 4 is 61.6 Å². The number of aliphatic carboxylic acids is 4. The van der Waals surface area contributed by atoms with Crippen LogP contribution < -0.4 is 0 Å². The summed E-state index contributed by atoms with van der Waals surface area (Å²) in [6.07, 6.45) is 5.36. The molecule has 140 valence electrons. The van der Waals surface area contributed by atoms with Crippen LogP contribution in [0.1, 0.15) is 54.2 Å². The Hall–Kier alpha value is -0.860. The van der Waals surface area contributed by atoms with E-state index in [4.69, 9.17) is 20.4 Å². The van der Waals surface area contributed by atoms with Crippen LogP contribution in [0.25, 0.3) is 0 Å². The van der Waals surface area contributed by atoms with Crippen LogP contribution in [0.15, 0.2) is 0 Å². The van der Waals surface area contributed by atoms with E-state index in [0.717, 1.165) is 25.7 Å². The summed E-state index contributed by atoms with van der Waals surface area (Å²) < 4.78 is 0. The average molecular weight is 386 g/mol. The molecule has 0 aliphatic heterocycles. The molecule has 0 radical (unpaired) electrons. The minimum absolute atomic E-state index is 0. The topological polar surface area (TPSA) is 149 Å². The van der Waals surface area contributed by atoms with Gasteiger partial charge in [0.15, 0.2) is 0 Å². The van der Waals surface area contributed by atoms with Gasteiger partial charge in [0.1, 0.15) is 0 Å². The van der Waals surface area contributed by atoms with E-state index in [-0.39, 0.29) is 40.6 Å². The SMILES string of the molecule is O=C(O)C1CCCCC1C(=O)O.O=C(O)C1CCCCC1C(=O)O.[Ca+2].[H-].[H-]. The summed E-state index contributed by atoms with van der Waals surface area (Å²) in [5.41, 5.74) is 0. The second-order valence-corrected chi connectivity index (χ2v) is 6.35. The first-order chi connectivity index (χ1) is 11.3. The molecule has 4 N–H and O–H groups in total. The molecule has 9 heteroatoms. The van der Waals surface area contributed by atoms with Crippen molar-refractivity contribution in [2.45, 2.75) is 51.4 Å². The molecule has 25 heavy (non-hydrogen) atoms. The summed E-state index contributed by atoms with van der Waals surface area (Å²) in [6, 6.07) is 0. The third-order valence-electron chi connectivity index (χ3n) is 4.80. The van der Waals surface area contributed by atoms with E-state index in [1.54, 1.807) is 0 Å². The van der Waals surface area contributed by atoms with Gasteiger partial charge >= 0.3 is 61.6 Å². The van der Waals surface area contributed by atoms with Crippen molar-refractivity contribution in [3.8, 4) is 0 Å². The van der Waals surface area contributed by atoms with Crippen molar-refractivity contribution in [3.05, 3.63) is 0 Å². The van der Waals surface area contributed by atoms with Gasteiger partial charge in [-0.15, -0.1) is 0 Å². The summed E-state index contributed by atoms with van der Waals surface area (Å²) >= 11 is 0. The van der Waals surface area contributed by atoms with Crippen LogP contribution in [0.4, 0.5) is 0 Å². The molecule has 0 heterocycles. The van der Waals surface area contributed by atoms with Crippen LogP contribution in [0, 0.1) is 23.7 Å². The van der Waals surface area contributed by atoms with Crippen LogP contribution in [0.5, 0.6) is 0 Å². The normalized spacial score (nSPS) is 28.5. The van der Waals surface area contributed by atoms with E-state index in [2.05, 4.69) is 0 Å². The van der Waals surface area contributed by atoms with Gasteiger partial charge in [-0.3, -0.25) is 19.2 Å². The Labute approximate surface area is 178 Å². The molecule has 2 aliphatic carbocycles. The van der Waals surface area contributed by atoms with Crippen molar-refractivity contribution in [3.63, 3.8) is 0 Å². The Morgan fingerprint density at radius 1 is 0.520 bits per heavy atom. The Balaban J connectivity index is -0.000000384. The number of carboxylic acid groups (broad SMARTS) is 4. The minimum Gasteiger partial charge on any atom is -1.00 e. The molecule has 4 unspecified atom stereocenters. The maximum Gasteiger partial charge on any atom is 2.00 e. The molecular weight excluding hydrogens is 360 g/mol. The van der Waals surface area contributed by atoms with E-state index < -0.39 is 47.5 Å². The largest absolute Gasteiger partial charge is 2.00 e. The van der Waals surface area contributed by atoms with Crippen LogP contribution in [-0.4, -0.2) is 82.0 Å². The third-order valence-corrected chi connectivity index (χ3v) is 4.80. The Bertz CT molecular complexity index is 415. The van der Waals surface area contributed by atoms with E-state index in [1.807, 2.05) is 0 Å². The number of hydrogen-bond acceptors (Lipinski definition) is 4. The minimum atomic E-state index is -0.970. The molecular formula is C16H26CaO8. The molecule has 2 saturated carbocycles. The van der Waals surface area contributed by atoms with Gasteiger partial charge in [0.2, 0.25) is 0 Å². The fraction of sp³-hybridized carbons (Fsp3) is 0.750. The summed E-state index contributed by atoms with van der Waals surface area (Å²) in [6.45, 7) is 0. The molecule has 0 bridgehead atoms. The molecule has 2 aliphatic rings. The van der Waals surface area contributed by atoms with Gasteiger partial charge in [0, 0.05) is 0 Å². The van der Waals surface area contributed by atoms with Crippen LogP contribution in [-0.2, 0) is 19.2 Å². The molecule has 0 aromatic rings. The molecule has 0 saturated heterocycles. The van der Waals surface area contributed by atoms with Crippen LogP contribution >= 0.6 is 0 Å². The van der Waals surface area contributed by atoms with E-state index >= 15 is 0 Å². The van der Waals surface area contributed by atoms with Crippen molar-refractivity contribution in [1.29, 1.82) is 0 Å². The first-order valence-corrected chi connectivity index (χ1v) is 8.17. The van der Waals surface area contributed by atoms with Gasteiger partial charge in [-0.2, -0.15) is 0 Å². The van der Waals surface area contributed by atoms with Gasteiger partial charge in [-0.1, -0.05) is 25.7 Å². The predicted molar refractivity (Wildman–Crippen MR) is 89.4 cm³/mol. The molecule has 0 amide bonds. The summed E-state index contributed by atoms with van der Waals surface area (Å²) in [7, 11) is 0. The number of hydrogen-bond donors (Lipinski definition) is 4.